The van der Waals surface area contributed by atoms with Crippen molar-refractivity contribution < 1.29 is 19.1 Å². The summed E-state index contributed by atoms with van der Waals surface area (Å²) in [5, 5.41) is 5.88. The molecule has 7 nitrogen and oxygen atoms in total. The van der Waals surface area contributed by atoms with Crippen LogP contribution in [0.25, 0.3) is 0 Å². The molecule has 0 aromatic heterocycles. The van der Waals surface area contributed by atoms with E-state index in [2.05, 4.69) is 10.6 Å². The zero-order valence-corrected chi connectivity index (χ0v) is 18.3. The third-order valence-electron chi connectivity index (χ3n) is 5.54. The fourth-order valence-electron chi connectivity index (χ4n) is 3.82. The Labute approximate surface area is 187 Å². The van der Waals surface area contributed by atoms with E-state index >= 15 is 0 Å². The van der Waals surface area contributed by atoms with Gasteiger partial charge in [-0.05, 0) is 79.1 Å². The second kappa shape index (κ2) is 9.01. The number of nitrogens with zero attached hydrogens (tertiary/aromatic N) is 1. The fourth-order valence-corrected chi connectivity index (χ4v) is 3.82. The van der Waals surface area contributed by atoms with Gasteiger partial charge in [0, 0.05) is 29.2 Å². The quantitative estimate of drug-likeness (QED) is 0.605. The Hall–Kier alpha value is -4.00. The third-order valence-corrected chi connectivity index (χ3v) is 5.54. The molecule has 0 unspecified atom stereocenters. The lowest BCUT2D eigenvalue weighted by Gasteiger charge is -2.19. The van der Waals surface area contributed by atoms with Crippen molar-refractivity contribution in [3.63, 3.8) is 0 Å². The number of carbonyl (C=O) groups is 2. The first-order chi connectivity index (χ1) is 15.5. The molecule has 0 aliphatic carbocycles. The average Bonchev–Trinajstić information content (AvgIpc) is 3.25. The molecule has 164 valence electrons. The van der Waals surface area contributed by atoms with Gasteiger partial charge < -0.3 is 20.1 Å². The summed E-state index contributed by atoms with van der Waals surface area (Å²) < 4.78 is 10.4. The second-order valence-electron chi connectivity index (χ2n) is 7.50. The molecule has 2 N–H and O–H groups in total. The van der Waals surface area contributed by atoms with Crippen molar-refractivity contribution in [3.8, 4) is 11.5 Å². The first kappa shape index (κ1) is 21.2. The van der Waals surface area contributed by atoms with Crippen LogP contribution < -0.4 is 25.0 Å². The maximum Gasteiger partial charge on any atom is 0.326 e. The normalized spacial score (nSPS) is 12.2. The number of aryl methyl sites for hydroxylation is 1. The number of fused-ring (bicyclic) bond motifs is 1. The van der Waals surface area contributed by atoms with E-state index in [0.717, 1.165) is 34.0 Å². The molecule has 0 radical (unpaired) electrons. The molecular formula is C25H25N3O4. The summed E-state index contributed by atoms with van der Waals surface area (Å²) in [7, 11) is 3.20. The van der Waals surface area contributed by atoms with E-state index in [1.54, 1.807) is 55.5 Å². The minimum Gasteiger partial charge on any atom is -0.497 e. The van der Waals surface area contributed by atoms with Crippen molar-refractivity contribution in [2.75, 3.05) is 36.3 Å². The van der Waals surface area contributed by atoms with Crippen LogP contribution in [-0.2, 0) is 6.42 Å². The molecule has 3 amide bonds. The second-order valence-corrected chi connectivity index (χ2v) is 7.50. The summed E-state index contributed by atoms with van der Waals surface area (Å²) in [6.07, 6.45) is 0.608. The molecule has 0 saturated carbocycles. The molecule has 0 fully saturated rings. The summed E-state index contributed by atoms with van der Waals surface area (Å²) in [4.78, 5) is 27.6. The summed E-state index contributed by atoms with van der Waals surface area (Å²) in [5.41, 5.74) is 4.48. The molecule has 7 heteroatoms. The van der Waals surface area contributed by atoms with E-state index < -0.39 is 0 Å². The maximum atomic E-state index is 13.0. The average molecular weight is 431 g/mol. The number of ether oxygens (including phenoxy) is 2. The van der Waals surface area contributed by atoms with Crippen LogP contribution in [0, 0.1) is 6.92 Å². The number of hydrogen-bond donors (Lipinski definition) is 2. The molecule has 0 spiro atoms. The van der Waals surface area contributed by atoms with Crippen LogP contribution in [0.5, 0.6) is 11.5 Å². The summed E-state index contributed by atoms with van der Waals surface area (Å²) in [5.74, 6) is 1.25. The molecule has 0 saturated heterocycles. The Morgan fingerprint density at radius 1 is 0.906 bits per heavy atom. The Morgan fingerprint density at radius 3 is 2.31 bits per heavy atom. The highest BCUT2D eigenvalue weighted by Crippen LogP contribution is 2.32. The van der Waals surface area contributed by atoms with E-state index in [9.17, 15) is 9.59 Å². The minimum absolute atomic E-state index is 0.201. The van der Waals surface area contributed by atoms with Crippen LogP contribution >= 0.6 is 0 Å². The van der Waals surface area contributed by atoms with Crippen molar-refractivity contribution in [1.29, 1.82) is 0 Å². The van der Waals surface area contributed by atoms with Crippen molar-refractivity contribution in [1.82, 2.24) is 0 Å². The van der Waals surface area contributed by atoms with Gasteiger partial charge in [-0.1, -0.05) is 6.07 Å². The third kappa shape index (κ3) is 4.23. The molecule has 4 rings (SSSR count). The lowest BCUT2D eigenvalue weighted by Crippen LogP contribution is -2.33. The smallest absolute Gasteiger partial charge is 0.326 e. The lowest BCUT2D eigenvalue weighted by molar-refractivity contribution is 0.102. The predicted molar refractivity (Wildman–Crippen MR) is 125 cm³/mol. The zero-order valence-electron chi connectivity index (χ0n) is 18.3. The highest BCUT2D eigenvalue weighted by Gasteiger charge is 2.28. The summed E-state index contributed by atoms with van der Waals surface area (Å²) >= 11 is 0. The number of hydrogen-bond acceptors (Lipinski definition) is 4. The van der Waals surface area contributed by atoms with Gasteiger partial charge >= 0.3 is 6.03 Å². The maximum absolute atomic E-state index is 13.0. The number of urea groups is 1. The van der Waals surface area contributed by atoms with Crippen LogP contribution in [0.1, 0.15) is 21.5 Å². The zero-order chi connectivity index (χ0) is 22.7. The summed E-state index contributed by atoms with van der Waals surface area (Å²) in [6, 6.07) is 17.9. The Morgan fingerprint density at radius 2 is 1.62 bits per heavy atom. The molecule has 1 aliphatic heterocycles. The molecule has 1 aliphatic rings. The minimum atomic E-state index is -0.238. The van der Waals surface area contributed by atoms with Crippen LogP contribution in [0.4, 0.5) is 21.9 Å². The van der Waals surface area contributed by atoms with Gasteiger partial charge in [0.2, 0.25) is 0 Å². The molecule has 32 heavy (non-hydrogen) atoms. The van der Waals surface area contributed by atoms with Gasteiger partial charge in [0.15, 0.2) is 0 Å². The van der Waals surface area contributed by atoms with Gasteiger partial charge in [-0.15, -0.1) is 0 Å². The van der Waals surface area contributed by atoms with E-state index in [1.807, 2.05) is 31.2 Å². The Bertz CT molecular complexity index is 1160. The molecular weight excluding hydrogens is 406 g/mol. The van der Waals surface area contributed by atoms with Gasteiger partial charge in [0.25, 0.3) is 5.91 Å². The molecule has 1 heterocycles. The number of rotatable bonds is 5. The topological polar surface area (TPSA) is 79.9 Å². The van der Waals surface area contributed by atoms with Crippen molar-refractivity contribution in [3.05, 3.63) is 77.4 Å². The number of anilines is 3. The van der Waals surface area contributed by atoms with E-state index in [-0.39, 0.29) is 11.9 Å². The van der Waals surface area contributed by atoms with Crippen molar-refractivity contribution >= 4 is 29.0 Å². The highest BCUT2D eigenvalue weighted by molar-refractivity contribution is 6.09. The van der Waals surface area contributed by atoms with Crippen molar-refractivity contribution in [2.24, 2.45) is 0 Å². The molecule has 3 aromatic carbocycles. The number of amides is 3. The van der Waals surface area contributed by atoms with Gasteiger partial charge in [0.05, 0.1) is 14.2 Å². The number of methoxy groups -OCH3 is 2. The summed E-state index contributed by atoms with van der Waals surface area (Å²) in [6.45, 7) is 2.42. The largest absolute Gasteiger partial charge is 0.497 e. The number of carbonyl (C=O) groups excluding carboxylic acids is 2. The Balaban J connectivity index is 1.52. The van der Waals surface area contributed by atoms with Gasteiger partial charge in [-0.3, -0.25) is 9.69 Å². The van der Waals surface area contributed by atoms with Crippen LogP contribution in [0.3, 0.4) is 0 Å². The van der Waals surface area contributed by atoms with Crippen molar-refractivity contribution in [2.45, 2.75) is 13.3 Å². The van der Waals surface area contributed by atoms with E-state index in [1.165, 1.54) is 0 Å². The monoisotopic (exact) mass is 431 g/mol. The predicted octanol–water partition coefficient (Wildman–Crippen LogP) is 4.86. The standard InChI is InChI=1S/C25H25N3O4/c1-16-15-19(32-3)11-12-22(16)27-24(29)21-5-4-6-23-20(21)13-14-28(23)25(30)26-17-7-9-18(31-2)10-8-17/h4-12,15H,13-14H2,1-3H3,(H,26,30)(H,27,29). The van der Waals surface area contributed by atoms with Gasteiger partial charge in [-0.25, -0.2) is 4.79 Å². The van der Waals surface area contributed by atoms with Gasteiger partial charge in [0.1, 0.15) is 11.5 Å². The lowest BCUT2D eigenvalue weighted by atomic mass is 10.0. The SMILES string of the molecule is COc1ccc(NC(=O)N2CCc3c(C(=O)Nc4ccc(OC)cc4C)cccc32)cc1. The van der Waals surface area contributed by atoms with Gasteiger partial charge in [-0.2, -0.15) is 0 Å². The van der Waals surface area contributed by atoms with Crippen LogP contribution in [0.2, 0.25) is 0 Å². The number of benzene rings is 3. The van der Waals surface area contributed by atoms with E-state index in [4.69, 9.17) is 9.47 Å². The first-order valence-electron chi connectivity index (χ1n) is 10.3. The molecule has 0 bridgehead atoms. The Kier molecular flexibility index (Phi) is 5.98. The fraction of sp³-hybridized carbons (Fsp3) is 0.200. The first-order valence-corrected chi connectivity index (χ1v) is 10.3. The molecule has 3 aromatic rings. The molecule has 0 atom stereocenters. The van der Waals surface area contributed by atoms with Crippen LogP contribution in [-0.4, -0.2) is 32.7 Å². The van der Waals surface area contributed by atoms with E-state index in [0.29, 0.717) is 24.2 Å². The number of nitrogens with one attached hydrogen (secondary N) is 2. The van der Waals surface area contributed by atoms with Crippen LogP contribution in [0.15, 0.2) is 60.7 Å². The highest BCUT2D eigenvalue weighted by atomic mass is 16.5.